The van der Waals surface area contributed by atoms with Crippen LogP contribution < -0.4 is 4.90 Å². The van der Waals surface area contributed by atoms with Gasteiger partial charge in [0.1, 0.15) is 6.04 Å². The van der Waals surface area contributed by atoms with Crippen molar-refractivity contribution in [2.24, 2.45) is 5.92 Å². The van der Waals surface area contributed by atoms with Gasteiger partial charge in [-0.3, -0.25) is 9.78 Å². The number of esters is 1. The van der Waals surface area contributed by atoms with Crippen molar-refractivity contribution in [1.29, 1.82) is 0 Å². The number of amides is 1. The number of carbonyl (C=O) groups is 2. The molecule has 9 nitrogen and oxygen atoms in total. The van der Waals surface area contributed by atoms with Gasteiger partial charge in [0.2, 0.25) is 15.9 Å². The van der Waals surface area contributed by atoms with Gasteiger partial charge in [-0.15, -0.1) is 0 Å². The van der Waals surface area contributed by atoms with Crippen molar-refractivity contribution in [3.05, 3.63) is 53.3 Å². The summed E-state index contributed by atoms with van der Waals surface area (Å²) in [5.74, 6) is -0.760. The molecule has 2 aliphatic heterocycles. The average molecular weight is 565 g/mol. The van der Waals surface area contributed by atoms with Crippen molar-refractivity contribution in [3.63, 3.8) is 0 Å². The molecule has 1 atom stereocenters. The van der Waals surface area contributed by atoms with Crippen LogP contribution in [-0.2, 0) is 24.3 Å². The van der Waals surface area contributed by atoms with Crippen molar-refractivity contribution in [1.82, 2.24) is 14.2 Å². The van der Waals surface area contributed by atoms with Crippen LogP contribution in [0, 0.1) is 5.92 Å². The molecule has 3 heterocycles. The van der Waals surface area contributed by atoms with Crippen molar-refractivity contribution >= 4 is 43.5 Å². The van der Waals surface area contributed by atoms with E-state index in [1.807, 2.05) is 12.1 Å². The highest BCUT2D eigenvalue weighted by Gasteiger charge is 2.43. The second-order valence-corrected chi connectivity index (χ2v) is 11.4. The molecular formula is C24H29BrN4O5S. The molecule has 0 bridgehead atoms. The first kappa shape index (κ1) is 25.6. The van der Waals surface area contributed by atoms with E-state index >= 15 is 0 Å². The molecule has 1 aromatic carbocycles. The maximum Gasteiger partial charge on any atom is 0.330 e. The maximum absolute atomic E-state index is 13.3. The largest absolute Gasteiger partial charge is 0.464 e. The molecule has 0 spiro atoms. The zero-order valence-corrected chi connectivity index (χ0v) is 21.9. The first-order chi connectivity index (χ1) is 16.8. The molecule has 2 aromatic rings. The quantitative estimate of drug-likeness (QED) is 0.476. The number of pyridine rings is 1. The number of piperazine rings is 1. The number of benzene rings is 1. The Morgan fingerprint density at radius 1 is 1.14 bits per heavy atom. The number of sulfonamides is 1. The van der Waals surface area contributed by atoms with Crippen LogP contribution in [0.3, 0.4) is 0 Å². The van der Waals surface area contributed by atoms with Gasteiger partial charge in [0, 0.05) is 48.7 Å². The minimum Gasteiger partial charge on any atom is -0.464 e. The zero-order valence-electron chi connectivity index (χ0n) is 19.5. The van der Waals surface area contributed by atoms with Crippen LogP contribution in [-0.4, -0.2) is 79.9 Å². The number of ether oxygens (including phenoxy) is 1. The molecule has 35 heavy (non-hydrogen) atoms. The highest BCUT2D eigenvalue weighted by molar-refractivity contribution is 9.10. The predicted molar refractivity (Wildman–Crippen MR) is 134 cm³/mol. The van der Waals surface area contributed by atoms with Gasteiger partial charge in [0.05, 0.1) is 18.0 Å². The number of hydrogen-bond acceptors (Lipinski definition) is 7. The van der Waals surface area contributed by atoms with E-state index < -0.39 is 22.0 Å². The summed E-state index contributed by atoms with van der Waals surface area (Å²) in [6, 6.07) is 9.42. The smallest absolute Gasteiger partial charge is 0.330 e. The Kier molecular flexibility index (Phi) is 8.08. The molecule has 1 amide bonds. The van der Waals surface area contributed by atoms with Crippen LogP contribution in [0.4, 0.5) is 5.69 Å². The summed E-state index contributed by atoms with van der Waals surface area (Å²) in [6.45, 7) is 3.47. The second kappa shape index (κ2) is 11.0. The van der Waals surface area contributed by atoms with E-state index in [4.69, 9.17) is 4.74 Å². The van der Waals surface area contributed by atoms with E-state index in [-0.39, 0.29) is 36.4 Å². The SMILES string of the molecule is CCOC(=O)[C@H]1CN(S(=O)(=O)c2ccccc2Br)CC(=O)N1CC1CCN(c2ccncc2)CC1. The molecular weight excluding hydrogens is 536 g/mol. The fraction of sp³-hybridized carbons (Fsp3) is 0.458. The zero-order chi connectivity index (χ0) is 25.0. The summed E-state index contributed by atoms with van der Waals surface area (Å²) >= 11 is 3.28. The number of aromatic nitrogens is 1. The van der Waals surface area contributed by atoms with E-state index in [1.165, 1.54) is 11.0 Å². The lowest BCUT2D eigenvalue weighted by Gasteiger charge is -2.42. The normalized spacial score (nSPS) is 20.2. The average Bonchev–Trinajstić information content (AvgIpc) is 2.86. The number of halogens is 1. The summed E-state index contributed by atoms with van der Waals surface area (Å²) in [4.78, 5) is 34.0. The lowest BCUT2D eigenvalue weighted by atomic mass is 9.94. The van der Waals surface area contributed by atoms with Crippen LogP contribution in [0.15, 0.2) is 58.2 Å². The lowest BCUT2D eigenvalue weighted by Crippen LogP contribution is -2.61. The van der Waals surface area contributed by atoms with E-state index in [2.05, 4.69) is 25.8 Å². The van der Waals surface area contributed by atoms with Crippen LogP contribution in [0.2, 0.25) is 0 Å². The summed E-state index contributed by atoms with van der Waals surface area (Å²) in [7, 11) is -3.98. The molecule has 0 N–H and O–H groups in total. The third kappa shape index (κ3) is 5.68. The van der Waals surface area contributed by atoms with Crippen LogP contribution in [0.25, 0.3) is 0 Å². The Morgan fingerprint density at radius 2 is 1.83 bits per heavy atom. The molecule has 4 rings (SSSR count). The summed E-state index contributed by atoms with van der Waals surface area (Å²) in [5, 5.41) is 0. The Labute approximate surface area is 214 Å². The number of hydrogen-bond donors (Lipinski definition) is 0. The van der Waals surface area contributed by atoms with Gasteiger partial charge < -0.3 is 14.5 Å². The Balaban J connectivity index is 1.48. The van der Waals surface area contributed by atoms with Crippen LogP contribution >= 0.6 is 15.9 Å². The van der Waals surface area contributed by atoms with Gasteiger partial charge in [-0.1, -0.05) is 12.1 Å². The number of nitrogens with zero attached hydrogens (tertiary/aromatic N) is 4. The molecule has 0 radical (unpaired) electrons. The number of carbonyl (C=O) groups excluding carboxylic acids is 2. The summed E-state index contributed by atoms with van der Waals surface area (Å²) < 4.78 is 33.3. The van der Waals surface area contributed by atoms with E-state index in [1.54, 1.807) is 37.5 Å². The summed E-state index contributed by atoms with van der Waals surface area (Å²) in [6.07, 6.45) is 5.26. The Bertz CT molecular complexity index is 1160. The third-order valence-corrected chi connectivity index (χ3v) is 9.32. The molecule has 2 fully saturated rings. The molecule has 0 saturated carbocycles. The van der Waals surface area contributed by atoms with Crippen LogP contribution in [0.1, 0.15) is 19.8 Å². The fourth-order valence-corrected chi connectivity index (χ4v) is 6.98. The molecule has 188 valence electrons. The topological polar surface area (TPSA) is 100 Å². The molecule has 2 saturated heterocycles. The molecule has 0 unspecified atom stereocenters. The van der Waals surface area contributed by atoms with Gasteiger partial charge in [0.25, 0.3) is 0 Å². The van der Waals surface area contributed by atoms with Gasteiger partial charge in [0.15, 0.2) is 0 Å². The van der Waals surface area contributed by atoms with Crippen molar-refractivity contribution in [2.75, 3.05) is 44.2 Å². The number of rotatable bonds is 7. The second-order valence-electron chi connectivity index (χ2n) is 8.68. The van der Waals surface area contributed by atoms with E-state index in [9.17, 15) is 18.0 Å². The molecule has 11 heteroatoms. The third-order valence-electron chi connectivity index (χ3n) is 6.50. The lowest BCUT2D eigenvalue weighted by molar-refractivity contribution is -0.158. The van der Waals surface area contributed by atoms with Crippen molar-refractivity contribution in [3.8, 4) is 0 Å². The molecule has 0 aliphatic carbocycles. The van der Waals surface area contributed by atoms with Crippen LogP contribution in [0.5, 0.6) is 0 Å². The minimum atomic E-state index is -3.98. The van der Waals surface area contributed by atoms with Gasteiger partial charge in [-0.05, 0) is 65.9 Å². The highest BCUT2D eigenvalue weighted by atomic mass is 79.9. The molecule has 1 aromatic heterocycles. The first-order valence-electron chi connectivity index (χ1n) is 11.7. The van der Waals surface area contributed by atoms with E-state index in [0.717, 1.165) is 35.9 Å². The maximum atomic E-state index is 13.3. The standard InChI is InChI=1S/C24H29BrN4O5S/c1-2-34-24(31)21-16-28(35(32,33)22-6-4-3-5-20(22)25)17-23(30)29(21)15-18-9-13-27(14-10-18)19-7-11-26-12-8-19/h3-8,11-12,18,21H,2,9-10,13-17H2,1H3/t21-/m1/s1. The number of anilines is 1. The number of piperidine rings is 1. The van der Waals surface area contributed by atoms with Gasteiger partial charge in [-0.25, -0.2) is 13.2 Å². The Hall–Kier alpha value is -2.50. The fourth-order valence-electron chi connectivity index (χ4n) is 4.62. The summed E-state index contributed by atoms with van der Waals surface area (Å²) in [5.41, 5.74) is 1.12. The first-order valence-corrected chi connectivity index (χ1v) is 13.9. The van der Waals surface area contributed by atoms with Gasteiger partial charge >= 0.3 is 5.97 Å². The van der Waals surface area contributed by atoms with Crippen molar-refractivity contribution in [2.45, 2.75) is 30.7 Å². The monoisotopic (exact) mass is 564 g/mol. The minimum absolute atomic E-state index is 0.0624. The van der Waals surface area contributed by atoms with Gasteiger partial charge in [-0.2, -0.15) is 4.31 Å². The highest BCUT2D eigenvalue weighted by Crippen LogP contribution is 2.29. The Morgan fingerprint density at radius 3 is 2.49 bits per heavy atom. The molecule has 2 aliphatic rings. The van der Waals surface area contributed by atoms with Crippen molar-refractivity contribution < 1.29 is 22.7 Å². The van der Waals surface area contributed by atoms with E-state index in [0.29, 0.717) is 11.0 Å². The predicted octanol–water partition coefficient (Wildman–Crippen LogP) is 2.53.